The van der Waals surface area contributed by atoms with Crippen molar-refractivity contribution in [3.63, 3.8) is 0 Å². The van der Waals surface area contributed by atoms with Gasteiger partial charge in [0.05, 0.1) is 4.88 Å². The van der Waals surface area contributed by atoms with Crippen molar-refractivity contribution >= 4 is 23.2 Å². The van der Waals surface area contributed by atoms with E-state index >= 15 is 0 Å². The molecule has 0 saturated heterocycles. The fraction of sp³-hybridized carbons (Fsp3) is 0.143. The fourth-order valence-electron chi connectivity index (χ4n) is 1.65. The molecule has 0 aliphatic heterocycles. The molecule has 0 radical (unpaired) electrons. The summed E-state index contributed by atoms with van der Waals surface area (Å²) in [6, 6.07) is 10.5. The number of rotatable bonds is 4. The molecule has 1 amide bonds. The van der Waals surface area contributed by atoms with E-state index in [9.17, 15) is 9.59 Å². The van der Waals surface area contributed by atoms with Crippen molar-refractivity contribution in [3.05, 3.63) is 46.7 Å². The highest BCUT2D eigenvalue weighted by atomic mass is 32.1. The number of carboxylic acids is 1. The van der Waals surface area contributed by atoms with Gasteiger partial charge in [-0.15, -0.1) is 11.3 Å². The third kappa shape index (κ3) is 3.00. The van der Waals surface area contributed by atoms with Crippen molar-refractivity contribution in [2.75, 3.05) is 0 Å². The fourth-order valence-corrected chi connectivity index (χ4v) is 2.47. The monoisotopic (exact) mass is 275 g/mol. The van der Waals surface area contributed by atoms with E-state index in [2.05, 4.69) is 5.32 Å². The summed E-state index contributed by atoms with van der Waals surface area (Å²) in [4.78, 5) is 23.3. The molecule has 0 spiro atoms. The van der Waals surface area contributed by atoms with E-state index in [1.54, 1.807) is 0 Å². The van der Waals surface area contributed by atoms with Gasteiger partial charge in [0.25, 0.3) is 5.91 Å². The van der Waals surface area contributed by atoms with Crippen molar-refractivity contribution in [1.82, 2.24) is 5.32 Å². The average Bonchev–Trinajstić information content (AvgIpc) is 2.88. The molecule has 2 rings (SSSR count). The second kappa shape index (κ2) is 5.67. The van der Waals surface area contributed by atoms with E-state index in [0.717, 1.165) is 11.1 Å². The Kier molecular flexibility index (Phi) is 3.97. The lowest BCUT2D eigenvalue weighted by atomic mass is 10.1. The van der Waals surface area contributed by atoms with Crippen LogP contribution in [0.4, 0.5) is 0 Å². The van der Waals surface area contributed by atoms with Crippen LogP contribution in [0, 0.1) is 0 Å². The van der Waals surface area contributed by atoms with Crippen molar-refractivity contribution in [3.8, 4) is 11.1 Å². The Balaban J connectivity index is 2.25. The average molecular weight is 275 g/mol. The summed E-state index contributed by atoms with van der Waals surface area (Å²) in [6.07, 6.45) is 0. The standard InChI is InChI=1S/C14H13NO3S/c1-9(14(17)18)15-13(16)12-11(7-8-19-12)10-5-3-2-4-6-10/h2-9H,1H3,(H,15,16)(H,17,18). The van der Waals surface area contributed by atoms with Crippen LogP contribution in [-0.2, 0) is 4.79 Å². The number of carboxylic acid groups (broad SMARTS) is 1. The van der Waals surface area contributed by atoms with Gasteiger partial charge in [-0.05, 0) is 23.9 Å². The van der Waals surface area contributed by atoms with Gasteiger partial charge in [-0.25, -0.2) is 0 Å². The third-order valence-electron chi connectivity index (χ3n) is 2.67. The number of amides is 1. The molecule has 1 unspecified atom stereocenters. The first-order chi connectivity index (χ1) is 9.09. The van der Waals surface area contributed by atoms with Crippen LogP contribution in [0.3, 0.4) is 0 Å². The summed E-state index contributed by atoms with van der Waals surface area (Å²) in [5.74, 6) is -1.41. The summed E-state index contributed by atoms with van der Waals surface area (Å²) in [5.41, 5.74) is 1.76. The van der Waals surface area contributed by atoms with Crippen LogP contribution in [0.5, 0.6) is 0 Å². The zero-order valence-electron chi connectivity index (χ0n) is 10.3. The molecular weight excluding hydrogens is 262 g/mol. The van der Waals surface area contributed by atoms with Crippen molar-refractivity contribution < 1.29 is 14.7 Å². The SMILES string of the molecule is CC(NC(=O)c1sccc1-c1ccccc1)C(=O)O. The van der Waals surface area contributed by atoms with Gasteiger partial charge in [-0.1, -0.05) is 30.3 Å². The van der Waals surface area contributed by atoms with Gasteiger partial charge >= 0.3 is 5.97 Å². The topological polar surface area (TPSA) is 66.4 Å². The first kappa shape index (κ1) is 13.3. The predicted octanol–water partition coefficient (Wildman–Crippen LogP) is 2.62. The summed E-state index contributed by atoms with van der Waals surface area (Å²) in [6.45, 7) is 1.44. The number of carbonyl (C=O) groups is 2. The lowest BCUT2D eigenvalue weighted by molar-refractivity contribution is -0.138. The molecule has 1 atom stereocenters. The van der Waals surface area contributed by atoms with Crippen molar-refractivity contribution in [1.29, 1.82) is 0 Å². The van der Waals surface area contributed by atoms with Crippen LogP contribution in [0.25, 0.3) is 11.1 Å². The van der Waals surface area contributed by atoms with Crippen LogP contribution in [-0.4, -0.2) is 23.0 Å². The smallest absolute Gasteiger partial charge is 0.325 e. The van der Waals surface area contributed by atoms with Crippen LogP contribution < -0.4 is 5.32 Å². The largest absolute Gasteiger partial charge is 0.480 e. The van der Waals surface area contributed by atoms with Crippen molar-refractivity contribution in [2.24, 2.45) is 0 Å². The van der Waals surface area contributed by atoms with E-state index in [0.29, 0.717) is 4.88 Å². The second-order valence-corrected chi connectivity index (χ2v) is 4.98. The molecule has 0 aliphatic carbocycles. The highest BCUT2D eigenvalue weighted by molar-refractivity contribution is 7.12. The van der Waals surface area contributed by atoms with Gasteiger partial charge in [0.15, 0.2) is 0 Å². The Morgan fingerprint density at radius 1 is 1.21 bits per heavy atom. The summed E-state index contributed by atoms with van der Waals surface area (Å²) in [5, 5.41) is 13.1. The molecular formula is C14H13NO3S. The molecule has 19 heavy (non-hydrogen) atoms. The number of aliphatic carboxylic acids is 1. The Hall–Kier alpha value is -2.14. The zero-order valence-corrected chi connectivity index (χ0v) is 11.1. The summed E-state index contributed by atoms with van der Waals surface area (Å²) < 4.78 is 0. The Labute approximate surface area is 114 Å². The highest BCUT2D eigenvalue weighted by Gasteiger charge is 2.19. The van der Waals surface area contributed by atoms with E-state index in [-0.39, 0.29) is 5.91 Å². The normalized spacial score (nSPS) is 11.8. The number of benzene rings is 1. The van der Waals surface area contributed by atoms with Gasteiger partial charge < -0.3 is 10.4 Å². The molecule has 2 N–H and O–H groups in total. The van der Waals surface area contributed by atoms with Gasteiger partial charge in [0, 0.05) is 5.56 Å². The molecule has 1 heterocycles. The maximum Gasteiger partial charge on any atom is 0.325 e. The molecule has 0 fully saturated rings. The molecule has 4 nitrogen and oxygen atoms in total. The maximum absolute atomic E-state index is 12.1. The first-order valence-electron chi connectivity index (χ1n) is 5.76. The molecule has 0 bridgehead atoms. The zero-order chi connectivity index (χ0) is 13.8. The van der Waals surface area contributed by atoms with E-state index in [4.69, 9.17) is 5.11 Å². The molecule has 2 aromatic rings. The lowest BCUT2D eigenvalue weighted by Gasteiger charge is -2.09. The number of nitrogens with one attached hydrogen (secondary N) is 1. The molecule has 0 aliphatic rings. The first-order valence-corrected chi connectivity index (χ1v) is 6.64. The second-order valence-electron chi connectivity index (χ2n) is 4.06. The number of carbonyl (C=O) groups excluding carboxylic acids is 1. The van der Waals surface area contributed by atoms with Gasteiger partial charge in [0.1, 0.15) is 6.04 Å². The summed E-state index contributed by atoms with van der Waals surface area (Å²) in [7, 11) is 0. The minimum atomic E-state index is -1.05. The van der Waals surface area contributed by atoms with E-state index < -0.39 is 12.0 Å². The van der Waals surface area contributed by atoms with E-state index in [1.165, 1.54) is 18.3 Å². The maximum atomic E-state index is 12.1. The van der Waals surface area contributed by atoms with Gasteiger partial charge in [0.2, 0.25) is 0 Å². The Morgan fingerprint density at radius 3 is 2.53 bits per heavy atom. The van der Waals surface area contributed by atoms with Gasteiger partial charge in [-0.2, -0.15) is 0 Å². The molecule has 1 aromatic carbocycles. The summed E-state index contributed by atoms with van der Waals surface area (Å²) >= 11 is 1.30. The molecule has 0 saturated carbocycles. The highest BCUT2D eigenvalue weighted by Crippen LogP contribution is 2.28. The van der Waals surface area contributed by atoms with Crippen LogP contribution in [0.15, 0.2) is 41.8 Å². The molecule has 5 heteroatoms. The van der Waals surface area contributed by atoms with E-state index in [1.807, 2.05) is 41.8 Å². The van der Waals surface area contributed by atoms with Crippen LogP contribution in [0.2, 0.25) is 0 Å². The van der Waals surface area contributed by atoms with Crippen molar-refractivity contribution in [2.45, 2.75) is 13.0 Å². The Bertz CT molecular complexity index is 592. The lowest BCUT2D eigenvalue weighted by Crippen LogP contribution is -2.38. The Morgan fingerprint density at radius 2 is 1.89 bits per heavy atom. The minimum absolute atomic E-state index is 0.358. The number of hydrogen-bond acceptors (Lipinski definition) is 3. The third-order valence-corrected chi connectivity index (χ3v) is 3.59. The number of hydrogen-bond donors (Lipinski definition) is 2. The quantitative estimate of drug-likeness (QED) is 0.901. The van der Waals surface area contributed by atoms with Crippen LogP contribution in [0.1, 0.15) is 16.6 Å². The van der Waals surface area contributed by atoms with Gasteiger partial charge in [-0.3, -0.25) is 9.59 Å². The molecule has 98 valence electrons. The van der Waals surface area contributed by atoms with Crippen LogP contribution >= 0.6 is 11.3 Å². The minimum Gasteiger partial charge on any atom is -0.480 e. The predicted molar refractivity (Wildman–Crippen MR) is 74.3 cm³/mol. The molecule has 1 aromatic heterocycles. The number of thiophene rings is 1.